The first-order valence-corrected chi connectivity index (χ1v) is 11.0. The molecule has 0 fully saturated rings. The van der Waals surface area contributed by atoms with Crippen LogP contribution in [0.5, 0.6) is 0 Å². The minimum Gasteiger partial charge on any atom is -0.328 e. The van der Waals surface area contributed by atoms with E-state index in [0.717, 1.165) is 25.7 Å². The van der Waals surface area contributed by atoms with Crippen LogP contribution in [0.4, 0.5) is 0 Å². The lowest BCUT2D eigenvalue weighted by Gasteiger charge is -2.06. The second-order valence-electron chi connectivity index (χ2n) is 4.85. The van der Waals surface area contributed by atoms with E-state index in [4.69, 9.17) is 14.3 Å². The van der Waals surface area contributed by atoms with Crippen molar-refractivity contribution in [2.45, 2.75) is 76.2 Å². The highest BCUT2D eigenvalue weighted by atomic mass is 32.2. The number of hydrogen-bond acceptors (Lipinski definition) is 5. The Balaban J connectivity index is 3.39. The van der Waals surface area contributed by atoms with Gasteiger partial charge in [-0.3, -0.25) is 0 Å². The smallest absolute Gasteiger partial charge is 0.327 e. The van der Waals surface area contributed by atoms with E-state index in [0.29, 0.717) is 11.2 Å². The number of unbranched alkanes of at least 4 members (excludes halogenated alkanes) is 5. The summed E-state index contributed by atoms with van der Waals surface area (Å²) < 4.78 is 5.43. The SMILES string of the molecule is CC[CH+]SC(CCCCCCCCOP(O)O)S[CH+]CC. The van der Waals surface area contributed by atoms with Crippen LogP contribution in [0.1, 0.15) is 71.6 Å². The van der Waals surface area contributed by atoms with Gasteiger partial charge in [-0.2, -0.15) is 0 Å². The van der Waals surface area contributed by atoms with Crippen LogP contribution in [0, 0.1) is 11.5 Å². The van der Waals surface area contributed by atoms with Gasteiger partial charge in [0.15, 0.2) is 0 Å². The summed E-state index contributed by atoms with van der Waals surface area (Å²) in [6.07, 6.45) is 10.7. The van der Waals surface area contributed by atoms with Crippen molar-refractivity contribution in [1.29, 1.82) is 0 Å². The van der Waals surface area contributed by atoms with Gasteiger partial charge in [0, 0.05) is 0 Å². The normalized spacial score (nSPS) is 11.3. The Morgan fingerprint density at radius 1 is 0.905 bits per heavy atom. The van der Waals surface area contributed by atoms with E-state index >= 15 is 0 Å². The molecule has 0 bridgehead atoms. The maximum atomic E-state index is 8.59. The highest BCUT2D eigenvalue weighted by Gasteiger charge is 2.19. The van der Waals surface area contributed by atoms with Crippen molar-refractivity contribution in [3.63, 3.8) is 0 Å². The second kappa shape index (κ2) is 17.1. The fourth-order valence-corrected chi connectivity index (χ4v) is 4.28. The molecule has 21 heavy (non-hydrogen) atoms. The maximum Gasteiger partial charge on any atom is 0.327 e. The van der Waals surface area contributed by atoms with E-state index < -0.39 is 8.60 Å². The first-order valence-electron chi connectivity index (χ1n) is 7.95. The molecule has 0 aromatic rings. The van der Waals surface area contributed by atoms with Gasteiger partial charge >= 0.3 is 8.60 Å². The lowest BCUT2D eigenvalue weighted by molar-refractivity contribution is 0.248. The van der Waals surface area contributed by atoms with Crippen LogP contribution in [0.25, 0.3) is 0 Å². The van der Waals surface area contributed by atoms with Crippen molar-refractivity contribution in [2.75, 3.05) is 6.61 Å². The minimum atomic E-state index is -2.16. The first kappa shape index (κ1) is 21.8. The van der Waals surface area contributed by atoms with Crippen LogP contribution in [0.3, 0.4) is 0 Å². The highest BCUT2D eigenvalue weighted by Crippen LogP contribution is 2.33. The summed E-state index contributed by atoms with van der Waals surface area (Å²) >= 11 is 3.97. The Morgan fingerprint density at radius 3 is 1.95 bits per heavy atom. The molecule has 0 amide bonds. The third-order valence-corrected chi connectivity index (χ3v) is 6.08. The average molecular weight is 355 g/mol. The van der Waals surface area contributed by atoms with Crippen molar-refractivity contribution < 1.29 is 14.3 Å². The summed E-state index contributed by atoms with van der Waals surface area (Å²) in [5.41, 5.74) is 0. The summed E-state index contributed by atoms with van der Waals surface area (Å²) in [5.74, 6) is 4.64. The molecule has 0 saturated carbocycles. The number of hydrogen-bond donors (Lipinski definition) is 2. The van der Waals surface area contributed by atoms with Crippen LogP contribution in [0.15, 0.2) is 0 Å². The standard InChI is InChI=1S/C15H31O3PS2/c1-3-13-20-15(21-14-4-2)11-9-7-5-6-8-10-12-18-19(16)17/h13-17H,3-12H2,1-2H3/q+2. The van der Waals surface area contributed by atoms with Crippen molar-refractivity contribution in [3.05, 3.63) is 11.5 Å². The predicted octanol–water partition coefficient (Wildman–Crippen LogP) is 5.88. The molecule has 0 aliphatic carbocycles. The maximum absolute atomic E-state index is 8.59. The van der Waals surface area contributed by atoms with Gasteiger partial charge in [-0.1, -0.05) is 32.1 Å². The Kier molecular flexibility index (Phi) is 17.7. The van der Waals surface area contributed by atoms with E-state index in [9.17, 15) is 0 Å². The highest BCUT2D eigenvalue weighted by molar-refractivity contribution is 8.18. The van der Waals surface area contributed by atoms with Crippen molar-refractivity contribution in [2.24, 2.45) is 0 Å². The summed E-state index contributed by atoms with van der Waals surface area (Å²) in [6.45, 7) is 4.85. The summed E-state index contributed by atoms with van der Waals surface area (Å²) in [6, 6.07) is 0. The molecule has 2 N–H and O–H groups in total. The molecule has 0 aliphatic heterocycles. The monoisotopic (exact) mass is 354 g/mol. The van der Waals surface area contributed by atoms with Crippen molar-refractivity contribution >= 4 is 32.1 Å². The number of thioether (sulfide) groups is 2. The zero-order valence-corrected chi connectivity index (χ0v) is 15.9. The molecule has 0 atom stereocenters. The molecule has 0 heterocycles. The Hall–Kier alpha value is 0.750. The Morgan fingerprint density at radius 2 is 1.43 bits per heavy atom. The number of rotatable bonds is 16. The molecule has 0 aliphatic rings. The van der Waals surface area contributed by atoms with Gasteiger partial charge in [-0.15, -0.1) is 0 Å². The van der Waals surface area contributed by atoms with Crippen LogP contribution in [0.2, 0.25) is 0 Å². The Labute approximate surface area is 141 Å². The Bertz CT molecular complexity index is 201. The quantitative estimate of drug-likeness (QED) is 0.157. The summed E-state index contributed by atoms with van der Waals surface area (Å²) in [5, 5.41) is 0. The van der Waals surface area contributed by atoms with E-state index in [1.54, 1.807) is 0 Å². The molecule has 0 rings (SSSR count). The van der Waals surface area contributed by atoms with Gasteiger partial charge in [-0.05, 0) is 26.7 Å². The molecule has 0 aromatic heterocycles. The molecular formula is C15H31O3PS2+2. The van der Waals surface area contributed by atoms with E-state index in [2.05, 4.69) is 25.4 Å². The van der Waals surface area contributed by atoms with Gasteiger partial charge in [0.1, 0.15) is 16.1 Å². The fraction of sp³-hybridized carbons (Fsp3) is 0.867. The van der Waals surface area contributed by atoms with Crippen LogP contribution in [-0.2, 0) is 4.52 Å². The lowest BCUT2D eigenvalue weighted by atomic mass is 10.1. The van der Waals surface area contributed by atoms with Crippen LogP contribution in [-0.4, -0.2) is 21.0 Å². The fourth-order valence-electron chi connectivity index (χ4n) is 1.84. The van der Waals surface area contributed by atoms with E-state index in [1.165, 1.54) is 32.1 Å². The van der Waals surface area contributed by atoms with Gasteiger partial charge in [0.25, 0.3) is 0 Å². The van der Waals surface area contributed by atoms with Gasteiger partial charge < -0.3 is 14.3 Å². The molecule has 3 nitrogen and oxygen atoms in total. The van der Waals surface area contributed by atoms with Gasteiger partial charge in [-0.25, -0.2) is 0 Å². The topological polar surface area (TPSA) is 49.7 Å². The summed E-state index contributed by atoms with van der Waals surface area (Å²) in [7, 11) is -2.16. The third kappa shape index (κ3) is 16.9. The van der Waals surface area contributed by atoms with Gasteiger partial charge in [0.2, 0.25) is 0 Å². The van der Waals surface area contributed by atoms with Crippen molar-refractivity contribution in [3.8, 4) is 0 Å². The van der Waals surface area contributed by atoms with E-state index in [-0.39, 0.29) is 0 Å². The van der Waals surface area contributed by atoms with E-state index in [1.807, 2.05) is 23.5 Å². The van der Waals surface area contributed by atoms with Gasteiger partial charge in [0.05, 0.1) is 43.0 Å². The second-order valence-corrected chi connectivity index (χ2v) is 8.26. The largest absolute Gasteiger partial charge is 0.328 e. The molecule has 6 heteroatoms. The molecule has 0 saturated heterocycles. The average Bonchev–Trinajstić information content (AvgIpc) is 2.47. The lowest BCUT2D eigenvalue weighted by Crippen LogP contribution is -1.97. The molecule has 0 unspecified atom stereocenters. The first-order chi connectivity index (χ1) is 10.2. The zero-order chi connectivity index (χ0) is 15.8. The molecule has 124 valence electrons. The molecule has 0 aromatic carbocycles. The predicted molar refractivity (Wildman–Crippen MR) is 97.8 cm³/mol. The van der Waals surface area contributed by atoms with Crippen LogP contribution < -0.4 is 0 Å². The zero-order valence-electron chi connectivity index (χ0n) is 13.4. The third-order valence-electron chi connectivity index (χ3n) is 2.87. The summed E-state index contributed by atoms with van der Waals surface area (Å²) in [4.78, 5) is 17.2. The minimum absolute atomic E-state index is 0.466. The van der Waals surface area contributed by atoms with Crippen LogP contribution >= 0.6 is 32.1 Å². The molecule has 0 radical (unpaired) electrons. The molecular weight excluding hydrogens is 323 g/mol. The van der Waals surface area contributed by atoms with Crippen molar-refractivity contribution in [1.82, 2.24) is 0 Å². The molecule has 0 spiro atoms.